The molecule has 94 valence electrons. The van der Waals surface area contributed by atoms with Crippen molar-refractivity contribution in [1.82, 2.24) is 24.7 Å². The van der Waals surface area contributed by atoms with Crippen molar-refractivity contribution in [3.05, 3.63) is 48.9 Å². The summed E-state index contributed by atoms with van der Waals surface area (Å²) < 4.78 is 1.72. The summed E-state index contributed by atoms with van der Waals surface area (Å²) in [6.45, 7) is 0. The van der Waals surface area contributed by atoms with E-state index in [-0.39, 0.29) is 0 Å². The minimum atomic E-state index is 0.740. The van der Waals surface area contributed by atoms with E-state index >= 15 is 0 Å². The van der Waals surface area contributed by atoms with Crippen molar-refractivity contribution in [3.8, 4) is 17.2 Å². The Hall–Kier alpha value is -2.21. The smallest absolute Gasteiger partial charge is 0.187 e. The van der Waals surface area contributed by atoms with Gasteiger partial charge in [-0.05, 0) is 30.5 Å². The Morgan fingerprint density at radius 2 is 1.89 bits per heavy atom. The van der Waals surface area contributed by atoms with E-state index in [4.69, 9.17) is 0 Å². The number of hydrogen-bond acceptors (Lipinski definition) is 5. The number of hydrogen-bond donors (Lipinski definition) is 0. The molecular weight excluding hydrogens is 258 g/mol. The van der Waals surface area contributed by atoms with Crippen LogP contribution in [0.5, 0.6) is 0 Å². The number of rotatable bonds is 3. The maximum absolute atomic E-state index is 4.56. The van der Waals surface area contributed by atoms with E-state index in [2.05, 4.69) is 20.1 Å². The summed E-state index contributed by atoms with van der Waals surface area (Å²) in [6.07, 6.45) is 7.29. The largest absolute Gasteiger partial charge is 0.231 e. The molecule has 0 aliphatic heterocycles. The lowest BCUT2D eigenvalue weighted by Gasteiger charge is -2.04. The molecule has 0 bridgehead atoms. The molecule has 0 atom stereocenters. The highest BCUT2D eigenvalue weighted by molar-refractivity contribution is 7.98. The Morgan fingerprint density at radius 1 is 1.00 bits per heavy atom. The highest BCUT2D eigenvalue weighted by Gasteiger charge is 2.05. The molecule has 0 fully saturated rings. The normalized spacial score (nSPS) is 10.6. The van der Waals surface area contributed by atoms with Gasteiger partial charge in [-0.1, -0.05) is 17.8 Å². The monoisotopic (exact) mass is 269 g/mol. The molecule has 0 amide bonds. The van der Waals surface area contributed by atoms with Crippen molar-refractivity contribution in [3.63, 3.8) is 0 Å². The molecule has 0 spiro atoms. The molecule has 0 unspecified atom stereocenters. The van der Waals surface area contributed by atoms with Gasteiger partial charge in [0.05, 0.1) is 11.4 Å². The molecular formula is C13H11N5S. The van der Waals surface area contributed by atoms with Gasteiger partial charge in [0.25, 0.3) is 0 Å². The van der Waals surface area contributed by atoms with Crippen LogP contribution in [0.2, 0.25) is 0 Å². The van der Waals surface area contributed by atoms with Crippen molar-refractivity contribution < 1.29 is 0 Å². The number of pyridine rings is 1. The predicted octanol–water partition coefficient (Wildman–Crippen LogP) is 2.45. The third-order valence-electron chi connectivity index (χ3n) is 2.55. The zero-order chi connectivity index (χ0) is 13.1. The molecule has 3 heterocycles. The van der Waals surface area contributed by atoms with Crippen LogP contribution in [0.1, 0.15) is 0 Å². The van der Waals surface area contributed by atoms with Crippen LogP contribution < -0.4 is 0 Å². The average Bonchev–Trinajstić information content (AvgIpc) is 3.02. The van der Waals surface area contributed by atoms with Crippen molar-refractivity contribution in [1.29, 1.82) is 0 Å². The molecule has 0 aromatic carbocycles. The van der Waals surface area contributed by atoms with Gasteiger partial charge in [-0.15, -0.1) is 0 Å². The Kier molecular flexibility index (Phi) is 3.24. The first-order valence-electron chi connectivity index (χ1n) is 5.71. The third kappa shape index (κ3) is 2.48. The first kappa shape index (κ1) is 11.9. The van der Waals surface area contributed by atoms with Gasteiger partial charge in [0, 0.05) is 18.6 Å². The van der Waals surface area contributed by atoms with Crippen molar-refractivity contribution >= 4 is 11.8 Å². The van der Waals surface area contributed by atoms with Crippen molar-refractivity contribution in [2.45, 2.75) is 5.16 Å². The summed E-state index contributed by atoms with van der Waals surface area (Å²) in [4.78, 5) is 13.2. The van der Waals surface area contributed by atoms with E-state index in [0.29, 0.717) is 0 Å². The minimum Gasteiger partial charge on any atom is -0.231 e. The third-order valence-corrected chi connectivity index (χ3v) is 3.11. The maximum Gasteiger partial charge on any atom is 0.187 e. The Labute approximate surface area is 114 Å². The van der Waals surface area contributed by atoms with Gasteiger partial charge in [0.15, 0.2) is 11.0 Å². The van der Waals surface area contributed by atoms with Gasteiger partial charge in [-0.2, -0.15) is 5.10 Å². The van der Waals surface area contributed by atoms with E-state index in [1.165, 1.54) is 11.8 Å². The molecule has 0 saturated heterocycles. The second-order valence-corrected chi connectivity index (χ2v) is 4.53. The molecule has 0 aliphatic rings. The lowest BCUT2D eigenvalue weighted by atomic mass is 10.2. The molecule has 0 aliphatic carbocycles. The molecule has 3 aromatic heterocycles. The maximum atomic E-state index is 4.56. The molecule has 3 aromatic rings. The number of thioether (sulfide) groups is 1. The first-order chi connectivity index (χ1) is 9.36. The molecule has 0 saturated carbocycles. The van der Waals surface area contributed by atoms with Gasteiger partial charge < -0.3 is 0 Å². The summed E-state index contributed by atoms with van der Waals surface area (Å²) >= 11 is 1.51. The summed E-state index contributed by atoms with van der Waals surface area (Å²) in [6, 6.07) is 9.51. The fraction of sp³-hybridized carbons (Fsp3) is 0.0769. The van der Waals surface area contributed by atoms with Gasteiger partial charge in [-0.25, -0.2) is 19.6 Å². The van der Waals surface area contributed by atoms with Gasteiger partial charge in [-0.3, -0.25) is 0 Å². The van der Waals surface area contributed by atoms with Crippen LogP contribution in [0.4, 0.5) is 0 Å². The molecule has 0 radical (unpaired) electrons. The highest BCUT2D eigenvalue weighted by atomic mass is 32.2. The van der Waals surface area contributed by atoms with Gasteiger partial charge >= 0.3 is 0 Å². The summed E-state index contributed by atoms with van der Waals surface area (Å²) in [5, 5.41) is 4.91. The van der Waals surface area contributed by atoms with Gasteiger partial charge in [0.1, 0.15) is 0 Å². The highest BCUT2D eigenvalue weighted by Crippen LogP contribution is 2.18. The molecule has 0 N–H and O–H groups in total. The van der Waals surface area contributed by atoms with Crippen LogP contribution in [-0.2, 0) is 0 Å². The molecule has 5 nitrogen and oxygen atoms in total. The molecule has 6 heteroatoms. The first-order valence-corrected chi connectivity index (χ1v) is 6.94. The van der Waals surface area contributed by atoms with E-state index < -0.39 is 0 Å². The fourth-order valence-electron chi connectivity index (χ4n) is 1.68. The van der Waals surface area contributed by atoms with Gasteiger partial charge in [0.2, 0.25) is 0 Å². The average molecular weight is 269 g/mol. The Morgan fingerprint density at radius 3 is 2.68 bits per heavy atom. The van der Waals surface area contributed by atoms with Crippen LogP contribution in [0, 0.1) is 0 Å². The SMILES string of the molecule is CSc1nccc(-c2cccc(-n3cccn3)n2)n1. The Bertz CT molecular complexity index is 681. The topological polar surface area (TPSA) is 56.5 Å². The second-order valence-electron chi connectivity index (χ2n) is 3.76. The quantitative estimate of drug-likeness (QED) is 0.540. The van der Waals surface area contributed by atoms with Crippen molar-refractivity contribution in [2.24, 2.45) is 0 Å². The van der Waals surface area contributed by atoms with E-state index in [0.717, 1.165) is 22.4 Å². The standard InChI is InChI=1S/C13H11N5S/c1-19-13-14-8-6-11(17-13)10-4-2-5-12(16-10)18-9-3-7-15-18/h2-9H,1H3. The van der Waals surface area contributed by atoms with Crippen LogP contribution in [0.15, 0.2) is 54.1 Å². The molecule has 19 heavy (non-hydrogen) atoms. The second kappa shape index (κ2) is 5.19. The summed E-state index contributed by atoms with van der Waals surface area (Å²) in [5.41, 5.74) is 1.62. The lowest BCUT2D eigenvalue weighted by molar-refractivity contribution is 0.846. The van der Waals surface area contributed by atoms with E-state index in [1.807, 2.05) is 42.8 Å². The van der Waals surface area contributed by atoms with Crippen LogP contribution in [0.3, 0.4) is 0 Å². The Balaban J connectivity index is 2.03. The molecule has 3 rings (SSSR count). The zero-order valence-electron chi connectivity index (χ0n) is 10.3. The minimum absolute atomic E-state index is 0.740. The van der Waals surface area contributed by atoms with Crippen LogP contribution in [-0.4, -0.2) is 31.0 Å². The van der Waals surface area contributed by atoms with Crippen molar-refractivity contribution in [2.75, 3.05) is 6.26 Å². The van der Waals surface area contributed by atoms with E-state index in [1.54, 1.807) is 17.1 Å². The lowest BCUT2D eigenvalue weighted by Crippen LogP contribution is -1.99. The number of nitrogens with zero attached hydrogens (tertiary/aromatic N) is 5. The zero-order valence-corrected chi connectivity index (χ0v) is 11.1. The van der Waals surface area contributed by atoms with Crippen LogP contribution in [0.25, 0.3) is 17.2 Å². The van der Waals surface area contributed by atoms with E-state index in [9.17, 15) is 0 Å². The summed E-state index contributed by atoms with van der Waals surface area (Å²) in [7, 11) is 0. The van der Waals surface area contributed by atoms with Crippen LogP contribution >= 0.6 is 11.8 Å². The number of aromatic nitrogens is 5. The predicted molar refractivity (Wildman–Crippen MR) is 74.2 cm³/mol. The summed E-state index contributed by atoms with van der Waals surface area (Å²) in [5.74, 6) is 0.770. The fourth-order valence-corrected chi connectivity index (χ4v) is 2.04.